The van der Waals surface area contributed by atoms with Gasteiger partial charge in [0.1, 0.15) is 11.5 Å². The molecule has 1 aliphatic rings. The summed E-state index contributed by atoms with van der Waals surface area (Å²) in [6, 6.07) is 3.96. The lowest BCUT2D eigenvalue weighted by atomic mass is 10.0. The highest BCUT2D eigenvalue weighted by atomic mass is 16.5. The second-order valence-electron chi connectivity index (χ2n) is 8.42. The second-order valence-corrected chi connectivity index (χ2v) is 8.42. The first-order chi connectivity index (χ1) is 15.3. The first-order valence-electron chi connectivity index (χ1n) is 11.0. The molecule has 1 amide bonds. The number of pyridine rings is 2. The third-order valence-electron chi connectivity index (χ3n) is 6.02. The standard InChI is InChI=1S/C23H30N6O3/c1-14-13-29(9-10-32-14)19-7-5-17(11-24-19)12-25-20(30)8-6-18-15(2)21-16(3)27-28(4)22(21)26-23(18)31/h5,7,11,14H,6,8-10,12-13H2,1-4H3,(H,25,30)(H,26,31). The normalized spacial score (nSPS) is 16.5. The zero-order chi connectivity index (χ0) is 22.8. The number of carbonyl (C=O) groups is 1. The van der Waals surface area contributed by atoms with E-state index in [1.807, 2.05) is 26.0 Å². The van der Waals surface area contributed by atoms with Gasteiger partial charge >= 0.3 is 0 Å². The Bertz CT molecular complexity index is 1180. The lowest BCUT2D eigenvalue weighted by molar-refractivity contribution is -0.121. The Balaban J connectivity index is 1.34. The first kappa shape index (κ1) is 22.0. The number of aryl methyl sites for hydroxylation is 3. The van der Waals surface area contributed by atoms with E-state index in [-0.39, 0.29) is 24.0 Å². The molecule has 1 fully saturated rings. The molecule has 0 radical (unpaired) electrons. The molecule has 32 heavy (non-hydrogen) atoms. The summed E-state index contributed by atoms with van der Waals surface area (Å²) in [5, 5.41) is 8.26. The van der Waals surface area contributed by atoms with Gasteiger partial charge in [0.05, 0.1) is 18.4 Å². The van der Waals surface area contributed by atoms with E-state index in [0.29, 0.717) is 30.8 Å². The van der Waals surface area contributed by atoms with Gasteiger partial charge in [-0.1, -0.05) is 6.07 Å². The molecule has 0 aliphatic carbocycles. The predicted molar refractivity (Wildman–Crippen MR) is 123 cm³/mol. The van der Waals surface area contributed by atoms with Gasteiger partial charge < -0.3 is 19.9 Å². The molecule has 3 aromatic rings. The number of morpholine rings is 1. The zero-order valence-electron chi connectivity index (χ0n) is 19.1. The summed E-state index contributed by atoms with van der Waals surface area (Å²) in [6.45, 7) is 8.66. The van der Waals surface area contributed by atoms with Gasteiger partial charge in [-0.15, -0.1) is 0 Å². The molecule has 170 valence electrons. The van der Waals surface area contributed by atoms with Crippen molar-refractivity contribution in [1.29, 1.82) is 0 Å². The molecule has 0 saturated carbocycles. The summed E-state index contributed by atoms with van der Waals surface area (Å²) in [5.74, 6) is 0.823. The number of anilines is 1. The molecule has 4 heterocycles. The molecule has 1 unspecified atom stereocenters. The zero-order valence-corrected chi connectivity index (χ0v) is 19.1. The monoisotopic (exact) mass is 438 g/mol. The minimum absolute atomic E-state index is 0.0992. The summed E-state index contributed by atoms with van der Waals surface area (Å²) in [4.78, 5) is 34.6. The summed E-state index contributed by atoms with van der Waals surface area (Å²) in [6.07, 6.45) is 2.61. The van der Waals surface area contributed by atoms with Crippen molar-refractivity contribution in [2.45, 2.75) is 46.3 Å². The lowest BCUT2D eigenvalue weighted by Crippen LogP contribution is -2.41. The van der Waals surface area contributed by atoms with Gasteiger partial charge in [0.25, 0.3) is 5.56 Å². The smallest absolute Gasteiger partial charge is 0.253 e. The van der Waals surface area contributed by atoms with E-state index < -0.39 is 0 Å². The number of hydrogen-bond acceptors (Lipinski definition) is 6. The topological polar surface area (TPSA) is 105 Å². The van der Waals surface area contributed by atoms with Crippen LogP contribution >= 0.6 is 0 Å². The Morgan fingerprint density at radius 1 is 1.34 bits per heavy atom. The van der Waals surface area contributed by atoms with Gasteiger partial charge in [-0.2, -0.15) is 5.10 Å². The number of rotatable bonds is 6. The van der Waals surface area contributed by atoms with Gasteiger partial charge in [-0.05, 0) is 44.4 Å². The number of carbonyl (C=O) groups excluding carboxylic acids is 1. The number of hydrogen-bond donors (Lipinski definition) is 2. The maximum Gasteiger partial charge on any atom is 0.253 e. The van der Waals surface area contributed by atoms with E-state index >= 15 is 0 Å². The van der Waals surface area contributed by atoms with Crippen LogP contribution in [0.2, 0.25) is 0 Å². The first-order valence-corrected chi connectivity index (χ1v) is 11.0. The molecule has 9 nitrogen and oxygen atoms in total. The van der Waals surface area contributed by atoms with Crippen molar-refractivity contribution < 1.29 is 9.53 Å². The average molecular weight is 439 g/mol. The molecular formula is C23H30N6O3. The highest BCUT2D eigenvalue weighted by molar-refractivity contribution is 5.83. The molecule has 0 aromatic carbocycles. The number of H-pyrrole nitrogens is 1. The van der Waals surface area contributed by atoms with Crippen LogP contribution in [0.4, 0.5) is 5.82 Å². The number of ether oxygens (including phenoxy) is 1. The minimum Gasteiger partial charge on any atom is -0.375 e. The Labute approximate surface area is 186 Å². The lowest BCUT2D eigenvalue weighted by Gasteiger charge is -2.32. The molecule has 9 heteroatoms. The Hall–Kier alpha value is -3.20. The van der Waals surface area contributed by atoms with Crippen LogP contribution in [-0.2, 0) is 29.5 Å². The Morgan fingerprint density at radius 2 is 2.16 bits per heavy atom. The Morgan fingerprint density at radius 3 is 2.88 bits per heavy atom. The van der Waals surface area contributed by atoms with Crippen molar-refractivity contribution in [1.82, 2.24) is 25.1 Å². The minimum atomic E-state index is -0.164. The molecule has 3 aromatic heterocycles. The van der Waals surface area contributed by atoms with E-state index in [2.05, 4.69) is 32.2 Å². The largest absolute Gasteiger partial charge is 0.375 e. The van der Waals surface area contributed by atoms with Crippen molar-refractivity contribution in [2.24, 2.45) is 7.05 Å². The molecule has 1 saturated heterocycles. The quantitative estimate of drug-likeness (QED) is 0.608. The molecule has 0 spiro atoms. The third kappa shape index (κ3) is 4.52. The number of nitrogens with one attached hydrogen (secondary N) is 2. The number of aromatic nitrogens is 4. The van der Waals surface area contributed by atoms with E-state index in [4.69, 9.17) is 4.74 Å². The van der Waals surface area contributed by atoms with Crippen molar-refractivity contribution in [3.05, 3.63) is 51.1 Å². The van der Waals surface area contributed by atoms with Crippen LogP contribution in [0.1, 0.15) is 35.7 Å². The number of nitrogens with zero attached hydrogens (tertiary/aromatic N) is 4. The van der Waals surface area contributed by atoms with Crippen molar-refractivity contribution >= 4 is 22.8 Å². The number of aromatic amines is 1. The Kier molecular flexibility index (Phi) is 6.27. The highest BCUT2D eigenvalue weighted by Crippen LogP contribution is 2.21. The van der Waals surface area contributed by atoms with Gasteiger partial charge in [-0.25, -0.2) is 4.98 Å². The van der Waals surface area contributed by atoms with Gasteiger partial charge in [0.2, 0.25) is 5.91 Å². The molecule has 4 rings (SSSR count). The molecular weight excluding hydrogens is 408 g/mol. The van der Waals surface area contributed by atoms with Crippen LogP contribution in [0.3, 0.4) is 0 Å². The van der Waals surface area contributed by atoms with Gasteiger partial charge in [0.15, 0.2) is 0 Å². The highest BCUT2D eigenvalue weighted by Gasteiger charge is 2.18. The molecule has 0 bridgehead atoms. The number of amides is 1. The molecule has 1 aliphatic heterocycles. The van der Waals surface area contributed by atoms with Crippen LogP contribution < -0.4 is 15.8 Å². The van der Waals surface area contributed by atoms with Crippen LogP contribution in [-0.4, -0.2) is 51.5 Å². The fraction of sp³-hybridized carbons (Fsp3) is 0.478. The number of fused-ring (bicyclic) bond motifs is 1. The van der Waals surface area contributed by atoms with E-state index in [1.165, 1.54) is 0 Å². The fourth-order valence-corrected chi connectivity index (χ4v) is 4.32. The van der Waals surface area contributed by atoms with Gasteiger partial charge in [0, 0.05) is 50.2 Å². The SMILES string of the molecule is Cc1nn(C)c2[nH]c(=O)c(CCC(=O)NCc3ccc(N4CCOC(C)C4)nc3)c(C)c12. The summed E-state index contributed by atoms with van der Waals surface area (Å²) in [7, 11) is 1.81. The third-order valence-corrected chi connectivity index (χ3v) is 6.02. The van der Waals surface area contributed by atoms with Crippen LogP contribution in [0.15, 0.2) is 23.1 Å². The summed E-state index contributed by atoms with van der Waals surface area (Å²) < 4.78 is 7.25. The molecule has 2 N–H and O–H groups in total. The maximum atomic E-state index is 12.5. The van der Waals surface area contributed by atoms with Crippen LogP contribution in [0, 0.1) is 13.8 Å². The fourth-order valence-electron chi connectivity index (χ4n) is 4.32. The van der Waals surface area contributed by atoms with Crippen LogP contribution in [0.5, 0.6) is 0 Å². The summed E-state index contributed by atoms with van der Waals surface area (Å²) >= 11 is 0. The van der Waals surface area contributed by atoms with E-state index in [1.54, 1.807) is 17.9 Å². The second kappa shape index (κ2) is 9.12. The van der Waals surface area contributed by atoms with Crippen molar-refractivity contribution in [3.8, 4) is 0 Å². The van der Waals surface area contributed by atoms with E-state index in [9.17, 15) is 9.59 Å². The van der Waals surface area contributed by atoms with Crippen molar-refractivity contribution in [2.75, 3.05) is 24.6 Å². The van der Waals surface area contributed by atoms with Crippen molar-refractivity contribution in [3.63, 3.8) is 0 Å². The molecule has 1 atom stereocenters. The van der Waals surface area contributed by atoms with Crippen LogP contribution in [0.25, 0.3) is 11.0 Å². The van der Waals surface area contributed by atoms with Gasteiger partial charge in [-0.3, -0.25) is 14.3 Å². The van der Waals surface area contributed by atoms with E-state index in [0.717, 1.165) is 41.1 Å². The maximum absolute atomic E-state index is 12.5. The average Bonchev–Trinajstić information content (AvgIpc) is 3.05. The predicted octanol–water partition coefficient (Wildman–Crippen LogP) is 1.75. The summed E-state index contributed by atoms with van der Waals surface area (Å²) in [5.41, 5.74) is 3.87.